The van der Waals surface area contributed by atoms with Gasteiger partial charge in [0.25, 0.3) is 5.69 Å². The van der Waals surface area contributed by atoms with E-state index >= 15 is 0 Å². The summed E-state index contributed by atoms with van der Waals surface area (Å²) < 4.78 is 5.74. The molecule has 7 heteroatoms. The molecule has 0 aliphatic carbocycles. The van der Waals surface area contributed by atoms with Crippen LogP contribution in [0.3, 0.4) is 0 Å². The van der Waals surface area contributed by atoms with E-state index in [1.807, 2.05) is 44.2 Å². The third-order valence-electron chi connectivity index (χ3n) is 4.75. The molecule has 0 spiro atoms. The number of nitro groups is 1. The number of amides is 1. The lowest BCUT2D eigenvalue weighted by atomic mass is 10.0. The summed E-state index contributed by atoms with van der Waals surface area (Å²) in [6.07, 6.45) is 1.81. The van der Waals surface area contributed by atoms with Crippen LogP contribution in [-0.4, -0.2) is 17.0 Å². The van der Waals surface area contributed by atoms with Crippen LogP contribution >= 0.6 is 0 Å². The molecule has 0 aliphatic heterocycles. The Morgan fingerprint density at radius 1 is 1.03 bits per heavy atom. The normalized spacial score (nSPS) is 10.8. The van der Waals surface area contributed by atoms with Crippen LogP contribution in [0.15, 0.2) is 71.8 Å². The number of nitrogens with zero attached hydrogens (tertiary/aromatic N) is 2. The fraction of sp³-hybridized carbons (Fsp3) is 0.167. The van der Waals surface area contributed by atoms with Gasteiger partial charge in [-0.25, -0.2) is 5.43 Å². The topological polar surface area (TPSA) is 93.8 Å². The molecule has 0 unspecified atom stereocenters. The largest absolute Gasteiger partial charge is 0.489 e. The van der Waals surface area contributed by atoms with Gasteiger partial charge in [-0.1, -0.05) is 30.3 Å². The molecule has 3 rings (SSSR count). The Labute approximate surface area is 180 Å². The van der Waals surface area contributed by atoms with Crippen molar-refractivity contribution >= 4 is 17.8 Å². The summed E-state index contributed by atoms with van der Waals surface area (Å²) in [5.74, 6) is 0.439. The lowest BCUT2D eigenvalue weighted by Crippen LogP contribution is -2.19. The predicted octanol–water partition coefficient (Wildman–Crippen LogP) is 4.48. The average Bonchev–Trinajstić information content (AvgIpc) is 2.75. The van der Waals surface area contributed by atoms with E-state index in [0.717, 1.165) is 22.3 Å². The van der Waals surface area contributed by atoms with Gasteiger partial charge in [0.15, 0.2) is 0 Å². The second-order valence-electron chi connectivity index (χ2n) is 7.17. The molecule has 0 saturated carbocycles. The van der Waals surface area contributed by atoms with E-state index in [0.29, 0.717) is 5.75 Å². The van der Waals surface area contributed by atoms with Crippen molar-refractivity contribution in [3.05, 3.63) is 105 Å². The van der Waals surface area contributed by atoms with E-state index in [1.165, 1.54) is 17.7 Å². The van der Waals surface area contributed by atoms with E-state index in [9.17, 15) is 14.9 Å². The number of benzene rings is 3. The molecule has 0 radical (unpaired) electrons. The highest BCUT2D eigenvalue weighted by molar-refractivity contribution is 5.83. The summed E-state index contributed by atoms with van der Waals surface area (Å²) in [7, 11) is 0. The van der Waals surface area contributed by atoms with Gasteiger partial charge in [-0.3, -0.25) is 14.9 Å². The molecular formula is C24H23N3O4. The van der Waals surface area contributed by atoms with Gasteiger partial charge in [0.2, 0.25) is 5.91 Å². The zero-order valence-electron chi connectivity index (χ0n) is 17.4. The van der Waals surface area contributed by atoms with E-state index < -0.39 is 4.92 Å². The smallest absolute Gasteiger partial charge is 0.269 e. The summed E-state index contributed by atoms with van der Waals surface area (Å²) in [6.45, 7) is 4.34. The first-order valence-electron chi connectivity index (χ1n) is 9.75. The highest BCUT2D eigenvalue weighted by Gasteiger charge is 2.05. The number of nitro benzene ring substituents is 1. The molecule has 158 valence electrons. The maximum atomic E-state index is 12.1. The maximum absolute atomic E-state index is 12.1. The van der Waals surface area contributed by atoms with E-state index in [-0.39, 0.29) is 24.6 Å². The Morgan fingerprint density at radius 2 is 1.77 bits per heavy atom. The van der Waals surface area contributed by atoms with Gasteiger partial charge in [-0.2, -0.15) is 5.10 Å². The first-order chi connectivity index (χ1) is 14.9. The van der Waals surface area contributed by atoms with Crippen molar-refractivity contribution in [2.75, 3.05) is 0 Å². The Morgan fingerprint density at radius 3 is 2.48 bits per heavy atom. The summed E-state index contributed by atoms with van der Waals surface area (Å²) in [5, 5.41) is 14.7. The number of carbonyl (C=O) groups excluding carboxylic acids is 1. The molecule has 1 amide bonds. The first kappa shape index (κ1) is 21.7. The Hall–Kier alpha value is -4.00. The fourth-order valence-electron chi connectivity index (χ4n) is 2.88. The van der Waals surface area contributed by atoms with Gasteiger partial charge in [0.05, 0.1) is 17.6 Å². The molecule has 0 atom stereocenters. The molecule has 0 aliphatic rings. The summed E-state index contributed by atoms with van der Waals surface area (Å²) in [6, 6.07) is 19.4. The highest BCUT2D eigenvalue weighted by Crippen LogP contribution is 2.16. The zero-order chi connectivity index (χ0) is 22.2. The number of carbonyl (C=O) groups is 1. The van der Waals surface area contributed by atoms with Gasteiger partial charge in [0.1, 0.15) is 12.4 Å². The van der Waals surface area contributed by atoms with Crippen molar-refractivity contribution in [2.45, 2.75) is 26.9 Å². The molecule has 3 aromatic carbocycles. The quantitative estimate of drug-likeness (QED) is 0.332. The van der Waals surface area contributed by atoms with Crippen molar-refractivity contribution in [3.8, 4) is 5.75 Å². The van der Waals surface area contributed by atoms with Crippen molar-refractivity contribution in [3.63, 3.8) is 0 Å². The maximum Gasteiger partial charge on any atom is 0.269 e. The van der Waals surface area contributed by atoms with Crippen molar-refractivity contribution < 1.29 is 14.5 Å². The number of aryl methyl sites for hydroxylation is 2. The summed E-state index contributed by atoms with van der Waals surface area (Å²) in [5.41, 5.74) is 7.46. The van der Waals surface area contributed by atoms with E-state index in [2.05, 4.69) is 10.5 Å². The zero-order valence-corrected chi connectivity index (χ0v) is 17.4. The van der Waals surface area contributed by atoms with Crippen molar-refractivity contribution in [1.29, 1.82) is 0 Å². The average molecular weight is 417 g/mol. The SMILES string of the molecule is Cc1ccc(CC(=O)N/N=C\c2cccc(OCc3ccc([N+](=O)[O-])cc3)c2)cc1C. The van der Waals surface area contributed by atoms with Gasteiger partial charge in [0, 0.05) is 12.1 Å². The van der Waals surface area contributed by atoms with Crippen LogP contribution in [0, 0.1) is 24.0 Å². The summed E-state index contributed by atoms with van der Waals surface area (Å²) >= 11 is 0. The Bertz CT molecular complexity index is 1110. The van der Waals surface area contributed by atoms with Crippen LogP contribution in [0.2, 0.25) is 0 Å². The molecule has 0 saturated heterocycles. The molecule has 3 aromatic rings. The first-order valence-corrected chi connectivity index (χ1v) is 9.75. The highest BCUT2D eigenvalue weighted by atomic mass is 16.6. The number of hydrazone groups is 1. The van der Waals surface area contributed by atoms with Gasteiger partial charge in [-0.15, -0.1) is 0 Å². The molecular weight excluding hydrogens is 394 g/mol. The molecule has 0 fully saturated rings. The number of hydrogen-bond acceptors (Lipinski definition) is 5. The number of non-ortho nitro benzene ring substituents is 1. The predicted molar refractivity (Wildman–Crippen MR) is 119 cm³/mol. The molecule has 1 N–H and O–H groups in total. The molecule has 7 nitrogen and oxygen atoms in total. The molecule has 31 heavy (non-hydrogen) atoms. The summed E-state index contributed by atoms with van der Waals surface area (Å²) in [4.78, 5) is 22.4. The lowest BCUT2D eigenvalue weighted by Gasteiger charge is -2.07. The van der Waals surface area contributed by atoms with Crippen molar-refractivity contribution in [2.24, 2.45) is 5.10 Å². The fourth-order valence-corrected chi connectivity index (χ4v) is 2.88. The van der Waals surface area contributed by atoms with Crippen LogP contribution in [0.1, 0.15) is 27.8 Å². The lowest BCUT2D eigenvalue weighted by molar-refractivity contribution is -0.384. The Balaban J connectivity index is 1.52. The minimum atomic E-state index is -0.436. The number of rotatable bonds is 8. The molecule has 0 heterocycles. The molecule has 0 bridgehead atoms. The second kappa shape index (κ2) is 10.2. The van der Waals surface area contributed by atoms with Crippen LogP contribution in [-0.2, 0) is 17.8 Å². The van der Waals surface area contributed by atoms with Gasteiger partial charge < -0.3 is 4.74 Å². The third-order valence-corrected chi connectivity index (χ3v) is 4.75. The third kappa shape index (κ3) is 6.50. The number of hydrogen-bond donors (Lipinski definition) is 1. The monoisotopic (exact) mass is 417 g/mol. The minimum Gasteiger partial charge on any atom is -0.489 e. The van der Waals surface area contributed by atoms with E-state index in [1.54, 1.807) is 30.5 Å². The van der Waals surface area contributed by atoms with Crippen LogP contribution < -0.4 is 10.2 Å². The Kier molecular flexibility index (Phi) is 7.11. The van der Waals surface area contributed by atoms with Crippen molar-refractivity contribution in [1.82, 2.24) is 5.43 Å². The van der Waals surface area contributed by atoms with E-state index in [4.69, 9.17) is 4.74 Å². The van der Waals surface area contributed by atoms with Crippen LogP contribution in [0.25, 0.3) is 0 Å². The number of ether oxygens (including phenoxy) is 1. The number of nitrogens with one attached hydrogen (secondary N) is 1. The minimum absolute atomic E-state index is 0.0431. The van der Waals surface area contributed by atoms with Gasteiger partial charge >= 0.3 is 0 Å². The molecule has 0 aromatic heterocycles. The van der Waals surface area contributed by atoms with Gasteiger partial charge in [-0.05, 0) is 65.9 Å². The van der Waals surface area contributed by atoms with Crippen LogP contribution in [0.4, 0.5) is 5.69 Å². The van der Waals surface area contributed by atoms with Crippen LogP contribution in [0.5, 0.6) is 5.75 Å². The second-order valence-corrected chi connectivity index (χ2v) is 7.17. The standard InChI is InChI=1S/C24H23N3O4/c1-17-6-7-20(12-18(17)2)14-24(28)26-25-15-21-4-3-5-23(13-21)31-16-19-8-10-22(11-9-19)27(29)30/h3-13,15H,14,16H2,1-2H3,(H,26,28)/b25-15-.